The number of aromatic nitrogens is 2. The van der Waals surface area contributed by atoms with Crippen molar-refractivity contribution in [3.05, 3.63) is 22.8 Å². The van der Waals surface area contributed by atoms with Gasteiger partial charge in [0.2, 0.25) is 0 Å². The van der Waals surface area contributed by atoms with Gasteiger partial charge in [-0.05, 0) is 38.8 Å². The Morgan fingerprint density at radius 1 is 1.38 bits per heavy atom. The molecule has 1 fully saturated rings. The first-order valence-electron chi connectivity index (χ1n) is 8.14. The van der Waals surface area contributed by atoms with Crippen LogP contribution in [0.4, 0.5) is 0 Å². The van der Waals surface area contributed by atoms with E-state index >= 15 is 0 Å². The van der Waals surface area contributed by atoms with Crippen LogP contribution in [0.5, 0.6) is 0 Å². The Bertz CT molecular complexity index is 486. The fraction of sp³-hybridized carbons (Fsp3) is 0.750. The van der Waals surface area contributed by atoms with Crippen molar-refractivity contribution in [2.45, 2.75) is 52.3 Å². The lowest BCUT2D eigenvalue weighted by atomic mass is 10.0. The zero-order valence-corrected chi connectivity index (χ0v) is 13.4. The van der Waals surface area contributed by atoms with Crippen molar-refractivity contribution < 1.29 is 4.74 Å². The monoisotopic (exact) mass is 290 g/mol. The molecule has 5 nitrogen and oxygen atoms in total. The minimum atomic E-state index is 0.0127. The molecule has 1 aromatic rings. The van der Waals surface area contributed by atoms with Crippen LogP contribution < -0.4 is 5.32 Å². The highest BCUT2D eigenvalue weighted by molar-refractivity contribution is 5.29. The summed E-state index contributed by atoms with van der Waals surface area (Å²) in [5, 5.41) is 3.41. The van der Waals surface area contributed by atoms with E-state index in [1.165, 1.54) is 17.0 Å². The Morgan fingerprint density at radius 3 is 3.00 bits per heavy atom. The maximum atomic E-state index is 5.95. The second-order valence-electron chi connectivity index (χ2n) is 6.18. The lowest BCUT2D eigenvalue weighted by Gasteiger charge is -2.35. The van der Waals surface area contributed by atoms with Crippen LogP contribution in [-0.4, -0.2) is 47.2 Å². The highest BCUT2D eigenvalue weighted by atomic mass is 16.5. The molecule has 0 radical (unpaired) electrons. The second kappa shape index (κ2) is 6.38. The smallest absolute Gasteiger partial charge is 0.158 e. The average molecular weight is 290 g/mol. The molecule has 1 N–H and O–H groups in total. The molecule has 0 spiro atoms. The standard InChI is InChI=1S/C16H26N4O/c1-4-13-12-5-6-17-9-14(12)19-16(18-13)15-10-20(11(2)3)7-8-21-15/h11,15,17H,4-10H2,1-3H3. The summed E-state index contributed by atoms with van der Waals surface area (Å²) in [6.07, 6.45) is 2.03. The van der Waals surface area contributed by atoms with Gasteiger partial charge in [0.05, 0.1) is 12.3 Å². The molecule has 3 rings (SSSR count). The molecule has 0 saturated carbocycles. The second-order valence-corrected chi connectivity index (χ2v) is 6.18. The Hall–Kier alpha value is -1.04. The maximum absolute atomic E-state index is 5.95. The molecule has 0 aliphatic carbocycles. The van der Waals surface area contributed by atoms with Crippen molar-refractivity contribution in [3.8, 4) is 0 Å². The lowest BCUT2D eigenvalue weighted by Crippen LogP contribution is -2.43. The molecule has 1 aromatic heterocycles. The van der Waals surface area contributed by atoms with Crippen LogP contribution in [0, 0.1) is 0 Å². The molecule has 0 amide bonds. The summed E-state index contributed by atoms with van der Waals surface area (Å²) in [5.74, 6) is 0.875. The Kier molecular flexibility index (Phi) is 4.52. The van der Waals surface area contributed by atoms with Gasteiger partial charge >= 0.3 is 0 Å². The number of nitrogens with one attached hydrogen (secondary N) is 1. The van der Waals surface area contributed by atoms with Crippen LogP contribution in [0.15, 0.2) is 0 Å². The number of morpholine rings is 1. The van der Waals surface area contributed by atoms with E-state index in [2.05, 4.69) is 31.0 Å². The van der Waals surface area contributed by atoms with E-state index in [-0.39, 0.29) is 6.10 Å². The van der Waals surface area contributed by atoms with E-state index in [4.69, 9.17) is 14.7 Å². The van der Waals surface area contributed by atoms with Crippen molar-refractivity contribution in [2.24, 2.45) is 0 Å². The molecular formula is C16H26N4O. The summed E-state index contributed by atoms with van der Waals surface area (Å²) in [6, 6.07) is 0.543. The highest BCUT2D eigenvalue weighted by Crippen LogP contribution is 2.24. The quantitative estimate of drug-likeness (QED) is 0.913. The van der Waals surface area contributed by atoms with Gasteiger partial charge in [-0.1, -0.05) is 6.92 Å². The molecule has 0 bridgehead atoms. The van der Waals surface area contributed by atoms with Crippen molar-refractivity contribution in [3.63, 3.8) is 0 Å². The fourth-order valence-electron chi connectivity index (χ4n) is 3.19. The summed E-state index contributed by atoms with van der Waals surface area (Å²) >= 11 is 0. The van der Waals surface area contributed by atoms with Crippen LogP contribution in [-0.2, 0) is 24.1 Å². The van der Waals surface area contributed by atoms with Gasteiger partial charge in [-0.3, -0.25) is 4.90 Å². The Morgan fingerprint density at radius 2 is 2.24 bits per heavy atom. The third kappa shape index (κ3) is 3.10. The van der Waals surface area contributed by atoms with Gasteiger partial charge in [0.25, 0.3) is 0 Å². The van der Waals surface area contributed by atoms with Gasteiger partial charge in [0, 0.05) is 31.4 Å². The van der Waals surface area contributed by atoms with E-state index in [9.17, 15) is 0 Å². The molecule has 2 aliphatic heterocycles. The molecule has 1 saturated heterocycles. The van der Waals surface area contributed by atoms with Gasteiger partial charge in [0.15, 0.2) is 5.82 Å². The van der Waals surface area contributed by atoms with E-state index in [0.717, 1.165) is 51.5 Å². The van der Waals surface area contributed by atoms with Gasteiger partial charge in [0.1, 0.15) is 6.10 Å². The van der Waals surface area contributed by atoms with Crippen LogP contribution in [0.1, 0.15) is 49.7 Å². The molecule has 5 heteroatoms. The molecule has 1 unspecified atom stereocenters. The number of aryl methyl sites for hydroxylation is 1. The first-order valence-corrected chi connectivity index (χ1v) is 8.14. The van der Waals surface area contributed by atoms with Crippen molar-refractivity contribution in [2.75, 3.05) is 26.2 Å². The number of hydrogen-bond acceptors (Lipinski definition) is 5. The summed E-state index contributed by atoms with van der Waals surface area (Å²) in [7, 11) is 0. The van der Waals surface area contributed by atoms with Crippen LogP contribution in [0.3, 0.4) is 0 Å². The minimum absolute atomic E-state index is 0.0127. The number of fused-ring (bicyclic) bond motifs is 1. The lowest BCUT2D eigenvalue weighted by molar-refractivity contribution is -0.0445. The summed E-state index contributed by atoms with van der Waals surface area (Å²) in [5.41, 5.74) is 3.74. The topological polar surface area (TPSA) is 50.3 Å². The zero-order valence-electron chi connectivity index (χ0n) is 13.4. The predicted octanol–water partition coefficient (Wildman–Crippen LogP) is 1.47. The van der Waals surface area contributed by atoms with Crippen LogP contribution >= 0.6 is 0 Å². The van der Waals surface area contributed by atoms with Gasteiger partial charge in [-0.25, -0.2) is 9.97 Å². The summed E-state index contributed by atoms with van der Waals surface area (Å²) < 4.78 is 5.95. The van der Waals surface area contributed by atoms with Gasteiger partial charge in [-0.15, -0.1) is 0 Å². The third-order valence-corrected chi connectivity index (χ3v) is 4.49. The number of rotatable bonds is 3. The minimum Gasteiger partial charge on any atom is -0.368 e. The SMILES string of the molecule is CCc1nc(C2CN(C(C)C)CCO2)nc2c1CCNC2. The van der Waals surface area contributed by atoms with E-state index in [0.29, 0.717) is 6.04 Å². The summed E-state index contributed by atoms with van der Waals surface area (Å²) in [4.78, 5) is 12.1. The predicted molar refractivity (Wildman–Crippen MR) is 82.2 cm³/mol. The average Bonchev–Trinajstić information content (AvgIpc) is 2.53. The van der Waals surface area contributed by atoms with E-state index in [1.807, 2.05) is 0 Å². The number of hydrogen-bond donors (Lipinski definition) is 1. The maximum Gasteiger partial charge on any atom is 0.158 e. The van der Waals surface area contributed by atoms with Crippen molar-refractivity contribution in [1.82, 2.24) is 20.2 Å². The van der Waals surface area contributed by atoms with Crippen molar-refractivity contribution >= 4 is 0 Å². The largest absolute Gasteiger partial charge is 0.368 e. The third-order valence-electron chi connectivity index (χ3n) is 4.49. The van der Waals surface area contributed by atoms with Crippen molar-refractivity contribution in [1.29, 1.82) is 0 Å². The highest BCUT2D eigenvalue weighted by Gasteiger charge is 2.27. The van der Waals surface area contributed by atoms with Crippen LogP contribution in [0.2, 0.25) is 0 Å². The van der Waals surface area contributed by atoms with Gasteiger partial charge < -0.3 is 10.1 Å². The number of nitrogens with zero attached hydrogens (tertiary/aromatic N) is 3. The van der Waals surface area contributed by atoms with Crippen LogP contribution in [0.25, 0.3) is 0 Å². The first kappa shape index (κ1) is 14.9. The molecule has 3 heterocycles. The summed E-state index contributed by atoms with van der Waals surface area (Å²) in [6.45, 7) is 11.2. The van der Waals surface area contributed by atoms with E-state index < -0.39 is 0 Å². The molecule has 2 aliphatic rings. The van der Waals surface area contributed by atoms with E-state index in [1.54, 1.807) is 0 Å². The molecule has 116 valence electrons. The Labute approximate surface area is 127 Å². The molecule has 1 atom stereocenters. The molecule has 0 aromatic carbocycles. The molecular weight excluding hydrogens is 264 g/mol. The first-order chi connectivity index (χ1) is 10.2. The fourth-order valence-corrected chi connectivity index (χ4v) is 3.19. The zero-order chi connectivity index (χ0) is 14.8. The normalized spacial score (nSPS) is 23.3. The molecule has 21 heavy (non-hydrogen) atoms. The van der Waals surface area contributed by atoms with Gasteiger partial charge in [-0.2, -0.15) is 0 Å². The number of ether oxygens (including phenoxy) is 1. The Balaban J connectivity index is 1.88.